The number of halogens is 1. The van der Waals surface area contributed by atoms with Gasteiger partial charge in [0.05, 0.1) is 0 Å². The lowest BCUT2D eigenvalue weighted by atomic mass is 9.96. The molecule has 1 rings (SSSR count). The highest BCUT2D eigenvalue weighted by atomic mass is 79.9. The molecule has 0 N–H and O–H groups in total. The highest BCUT2D eigenvalue weighted by Gasteiger charge is 1.96. The molecule has 0 atom stereocenters. The third kappa shape index (κ3) is 2.87. The summed E-state index contributed by atoms with van der Waals surface area (Å²) < 4.78 is 11.1. The van der Waals surface area contributed by atoms with E-state index >= 15 is 0 Å². The summed E-state index contributed by atoms with van der Waals surface area (Å²) in [6.07, 6.45) is 0. The first-order chi connectivity index (χ1) is 5.72. The number of rotatable bonds is 3. The van der Waals surface area contributed by atoms with Gasteiger partial charge in [0.15, 0.2) is 6.79 Å². The average molecular weight is 229 g/mol. The molecule has 4 heteroatoms. The minimum absolute atomic E-state index is 0.288. The minimum Gasteiger partial charge on any atom is -0.468 e. The van der Waals surface area contributed by atoms with E-state index in [1.807, 2.05) is 26.0 Å². The van der Waals surface area contributed by atoms with Crippen LogP contribution in [0.25, 0.3) is 0 Å². The molecule has 0 bridgehead atoms. The molecular weight excluding hydrogens is 219 g/mol. The second kappa shape index (κ2) is 4.53. The normalized spacial score (nSPS) is 9.83. The molecule has 0 aliphatic carbocycles. The first-order valence-corrected chi connectivity index (χ1v) is 4.40. The lowest BCUT2D eigenvalue weighted by molar-refractivity contribution is 0.0511. The second-order valence-corrected chi connectivity index (χ2v) is 3.43. The molecule has 0 aliphatic heterocycles. The summed E-state index contributed by atoms with van der Waals surface area (Å²) in [6.45, 7) is 0.288. The van der Waals surface area contributed by atoms with Crippen molar-refractivity contribution in [1.29, 1.82) is 0 Å². The summed E-state index contributed by atoms with van der Waals surface area (Å²) in [5, 5.41) is 0. The van der Waals surface area contributed by atoms with Gasteiger partial charge in [-0.3, -0.25) is 0 Å². The van der Waals surface area contributed by atoms with Crippen molar-refractivity contribution in [2.24, 2.45) is 0 Å². The first-order valence-electron chi connectivity index (χ1n) is 3.61. The van der Waals surface area contributed by atoms with Gasteiger partial charge in [-0.1, -0.05) is 27.5 Å². The van der Waals surface area contributed by atoms with Crippen LogP contribution in [0, 0.1) is 0 Å². The van der Waals surface area contributed by atoms with Crippen LogP contribution in [0.4, 0.5) is 0 Å². The van der Waals surface area contributed by atoms with Crippen molar-refractivity contribution in [3.63, 3.8) is 0 Å². The van der Waals surface area contributed by atoms with Crippen molar-refractivity contribution in [1.82, 2.24) is 0 Å². The summed E-state index contributed by atoms with van der Waals surface area (Å²) >= 11 is 3.38. The fourth-order valence-electron chi connectivity index (χ4n) is 0.913. The van der Waals surface area contributed by atoms with Crippen LogP contribution in [0.3, 0.4) is 0 Å². The Balaban J connectivity index is 2.72. The summed E-state index contributed by atoms with van der Waals surface area (Å²) in [5.41, 5.74) is 1.16. The third-order valence-corrected chi connectivity index (χ3v) is 1.82. The molecule has 0 unspecified atom stereocenters. The Bertz CT molecular complexity index is 245. The highest BCUT2D eigenvalue weighted by Crippen LogP contribution is 2.15. The van der Waals surface area contributed by atoms with Crippen molar-refractivity contribution in [2.75, 3.05) is 13.9 Å². The van der Waals surface area contributed by atoms with E-state index in [0.29, 0.717) is 0 Å². The molecule has 0 fully saturated rings. The number of benzene rings is 1. The fraction of sp³-hybridized carbons (Fsp3) is 0.250. The Kier molecular flexibility index (Phi) is 3.63. The van der Waals surface area contributed by atoms with Crippen LogP contribution in [-0.2, 0) is 4.74 Å². The van der Waals surface area contributed by atoms with Crippen LogP contribution in [-0.4, -0.2) is 21.7 Å². The van der Waals surface area contributed by atoms with E-state index < -0.39 is 0 Å². The number of hydrogen-bond donors (Lipinski definition) is 0. The summed E-state index contributed by atoms with van der Waals surface area (Å²) in [6, 6.07) is 5.90. The SMILES string of the molecule is Bc1cc(Br)cc(OCOC)c1. The zero-order valence-corrected chi connectivity index (χ0v) is 8.72. The number of ether oxygens (including phenoxy) is 2. The average Bonchev–Trinajstić information content (AvgIpc) is 1.99. The lowest BCUT2D eigenvalue weighted by Crippen LogP contribution is -2.05. The smallest absolute Gasteiger partial charge is 0.188 e. The maximum Gasteiger partial charge on any atom is 0.188 e. The molecule has 12 heavy (non-hydrogen) atoms. The van der Waals surface area contributed by atoms with Crippen molar-refractivity contribution in [2.45, 2.75) is 0 Å². The molecule has 0 aliphatic rings. The molecule has 0 saturated carbocycles. The van der Waals surface area contributed by atoms with E-state index in [9.17, 15) is 0 Å². The van der Waals surface area contributed by atoms with Crippen molar-refractivity contribution in [3.8, 4) is 5.75 Å². The zero-order chi connectivity index (χ0) is 8.97. The molecule has 64 valence electrons. The molecule has 2 nitrogen and oxygen atoms in total. The molecule has 0 saturated heterocycles. The van der Waals surface area contributed by atoms with Gasteiger partial charge in [0.1, 0.15) is 13.6 Å². The summed E-state index contributed by atoms with van der Waals surface area (Å²) in [5.74, 6) is 0.823. The molecule has 1 aromatic carbocycles. The van der Waals surface area contributed by atoms with E-state index in [1.54, 1.807) is 7.11 Å². The van der Waals surface area contributed by atoms with Gasteiger partial charge in [-0.15, -0.1) is 0 Å². The second-order valence-electron chi connectivity index (χ2n) is 2.52. The molecular formula is C8H10BBrO2. The number of hydrogen-bond acceptors (Lipinski definition) is 2. The van der Waals surface area contributed by atoms with Crippen LogP contribution in [0.1, 0.15) is 0 Å². The van der Waals surface area contributed by atoms with Gasteiger partial charge >= 0.3 is 0 Å². The van der Waals surface area contributed by atoms with Crippen molar-refractivity contribution < 1.29 is 9.47 Å². The Morgan fingerprint density at radius 1 is 1.42 bits per heavy atom. The Morgan fingerprint density at radius 3 is 2.75 bits per heavy atom. The Morgan fingerprint density at radius 2 is 2.17 bits per heavy atom. The molecule has 1 aromatic rings. The third-order valence-electron chi connectivity index (χ3n) is 1.36. The monoisotopic (exact) mass is 228 g/mol. The largest absolute Gasteiger partial charge is 0.468 e. The van der Waals surface area contributed by atoms with E-state index in [1.165, 1.54) is 0 Å². The fourth-order valence-corrected chi connectivity index (χ4v) is 1.50. The molecule has 0 amide bonds. The number of methoxy groups -OCH3 is 1. The lowest BCUT2D eigenvalue weighted by Gasteiger charge is -2.05. The predicted molar refractivity (Wildman–Crippen MR) is 54.8 cm³/mol. The van der Waals surface area contributed by atoms with Gasteiger partial charge in [0.25, 0.3) is 0 Å². The molecule has 0 spiro atoms. The summed E-state index contributed by atoms with van der Waals surface area (Å²) in [7, 11) is 3.62. The Hall–Kier alpha value is -0.475. The van der Waals surface area contributed by atoms with Gasteiger partial charge in [0, 0.05) is 11.6 Å². The maximum absolute atomic E-state index is 5.26. The molecule has 0 aromatic heterocycles. The molecule has 0 radical (unpaired) electrons. The van der Waals surface area contributed by atoms with Crippen LogP contribution in [0.5, 0.6) is 5.75 Å². The standard InChI is InChI=1S/C8H10BBrO2/c1-11-5-12-8-3-6(9)2-7(10)4-8/h2-4H,5,9H2,1H3. The van der Waals surface area contributed by atoms with E-state index in [-0.39, 0.29) is 6.79 Å². The van der Waals surface area contributed by atoms with Gasteiger partial charge in [-0.05, 0) is 12.1 Å². The highest BCUT2D eigenvalue weighted by molar-refractivity contribution is 9.10. The van der Waals surface area contributed by atoms with Crippen LogP contribution in [0.15, 0.2) is 22.7 Å². The van der Waals surface area contributed by atoms with E-state index in [0.717, 1.165) is 15.7 Å². The minimum atomic E-state index is 0.288. The van der Waals surface area contributed by atoms with Gasteiger partial charge in [-0.2, -0.15) is 0 Å². The van der Waals surface area contributed by atoms with Crippen LogP contribution in [0.2, 0.25) is 0 Å². The Labute approximate surface area is 81.4 Å². The van der Waals surface area contributed by atoms with Crippen LogP contribution < -0.4 is 10.2 Å². The topological polar surface area (TPSA) is 18.5 Å². The van der Waals surface area contributed by atoms with Crippen molar-refractivity contribution in [3.05, 3.63) is 22.7 Å². The first kappa shape index (κ1) is 9.61. The predicted octanol–water partition coefficient (Wildman–Crippen LogP) is 0.690. The summed E-state index contributed by atoms with van der Waals surface area (Å²) in [4.78, 5) is 0. The van der Waals surface area contributed by atoms with Crippen LogP contribution >= 0.6 is 15.9 Å². The van der Waals surface area contributed by atoms with Gasteiger partial charge < -0.3 is 9.47 Å². The van der Waals surface area contributed by atoms with Gasteiger partial charge in [0.2, 0.25) is 0 Å². The zero-order valence-electron chi connectivity index (χ0n) is 7.13. The van der Waals surface area contributed by atoms with E-state index in [2.05, 4.69) is 15.9 Å². The van der Waals surface area contributed by atoms with Gasteiger partial charge in [-0.25, -0.2) is 0 Å². The maximum atomic E-state index is 5.26. The molecule has 0 heterocycles. The quantitative estimate of drug-likeness (QED) is 0.560. The van der Waals surface area contributed by atoms with Crippen molar-refractivity contribution >= 4 is 29.2 Å². The van der Waals surface area contributed by atoms with E-state index in [4.69, 9.17) is 9.47 Å².